The smallest absolute Gasteiger partial charge is 0.410 e. The van der Waals surface area contributed by atoms with Crippen LogP contribution in [0, 0.1) is 11.8 Å². The maximum Gasteiger partial charge on any atom is 0.410 e. The lowest BCUT2D eigenvalue weighted by Crippen LogP contribution is -2.39. The lowest BCUT2D eigenvalue weighted by molar-refractivity contribution is 0.0801. The highest BCUT2D eigenvalue weighted by molar-refractivity contribution is 6.01. The number of piperidine rings is 1. The van der Waals surface area contributed by atoms with Crippen LogP contribution < -0.4 is 14.4 Å². The van der Waals surface area contributed by atoms with Crippen molar-refractivity contribution in [1.82, 2.24) is 19.7 Å². The zero-order valence-corrected chi connectivity index (χ0v) is 30.8. The van der Waals surface area contributed by atoms with Crippen molar-refractivity contribution in [2.24, 2.45) is 18.9 Å². The van der Waals surface area contributed by atoms with E-state index in [2.05, 4.69) is 23.1 Å². The minimum Gasteiger partial charge on any atom is -0.473 e. The molecule has 54 heavy (non-hydrogen) atoms. The number of anilines is 1. The molecular weight excluding hydrogens is 675 g/mol. The molecule has 0 radical (unpaired) electrons. The number of carbonyl (C=O) groups excluding carboxylic acids is 1. The molecule has 1 amide bonds. The first-order chi connectivity index (χ1) is 26.6. The lowest BCUT2D eigenvalue weighted by Gasteiger charge is -2.32. The quantitative estimate of drug-likeness (QED) is 0.125. The third kappa shape index (κ3) is 8.20. The highest BCUT2D eigenvalue weighted by atomic mass is 16.6. The number of pyridine rings is 1. The van der Waals surface area contributed by atoms with Crippen LogP contribution in [0.1, 0.15) is 42.4 Å². The van der Waals surface area contributed by atoms with E-state index in [0.717, 1.165) is 84.3 Å². The molecule has 8 rings (SSSR count). The molecule has 2 aliphatic rings. The Kier molecular flexibility index (Phi) is 10.7. The van der Waals surface area contributed by atoms with E-state index in [1.807, 2.05) is 120 Å². The molecule has 6 aromatic rings. The number of amides is 1. The summed E-state index contributed by atoms with van der Waals surface area (Å²) in [5.74, 6) is 2.23. The molecule has 2 aromatic heterocycles. The van der Waals surface area contributed by atoms with Crippen molar-refractivity contribution >= 4 is 22.7 Å². The Morgan fingerprint density at radius 2 is 1.31 bits per heavy atom. The van der Waals surface area contributed by atoms with Crippen molar-refractivity contribution in [3.8, 4) is 23.0 Å². The minimum absolute atomic E-state index is 0.203. The molecule has 2 fully saturated rings. The first-order valence-corrected chi connectivity index (χ1v) is 19.1. The summed E-state index contributed by atoms with van der Waals surface area (Å²) in [4.78, 5) is 22.0. The molecule has 9 heteroatoms. The summed E-state index contributed by atoms with van der Waals surface area (Å²) in [6.45, 7) is 4.66. The first-order valence-electron chi connectivity index (χ1n) is 19.1. The van der Waals surface area contributed by atoms with E-state index in [0.29, 0.717) is 43.4 Å². The van der Waals surface area contributed by atoms with E-state index in [9.17, 15) is 4.79 Å². The Bertz CT molecular complexity index is 2150. The molecule has 9 nitrogen and oxygen atoms in total. The molecule has 0 spiro atoms. The third-order valence-corrected chi connectivity index (χ3v) is 10.8. The number of aryl methyl sites for hydroxylation is 1. The Balaban J connectivity index is 0.945. The van der Waals surface area contributed by atoms with Crippen molar-refractivity contribution in [3.05, 3.63) is 138 Å². The topological polar surface area (TPSA) is 82.0 Å². The number of likely N-dealkylation sites (tertiary alicyclic amines) is 1. The predicted octanol–water partition coefficient (Wildman–Crippen LogP) is 9.06. The third-order valence-electron chi connectivity index (χ3n) is 10.8. The number of aromatic nitrogens is 3. The second-order valence-corrected chi connectivity index (χ2v) is 14.5. The molecule has 276 valence electrons. The molecule has 2 saturated heterocycles. The highest BCUT2D eigenvalue weighted by Crippen LogP contribution is 2.40. The summed E-state index contributed by atoms with van der Waals surface area (Å²) in [5, 5.41) is 6.15. The number of para-hydroxylation sites is 1. The molecule has 1 atom stereocenters. The van der Waals surface area contributed by atoms with Crippen LogP contribution in [0.25, 0.3) is 22.2 Å². The van der Waals surface area contributed by atoms with Crippen LogP contribution in [-0.4, -0.2) is 51.9 Å². The molecule has 0 N–H and O–H groups in total. The molecule has 2 aliphatic heterocycles. The van der Waals surface area contributed by atoms with Crippen LogP contribution in [0.4, 0.5) is 10.5 Å². The van der Waals surface area contributed by atoms with Gasteiger partial charge in [0.2, 0.25) is 11.8 Å². The first kappa shape index (κ1) is 35.2. The van der Waals surface area contributed by atoms with Gasteiger partial charge in [-0.1, -0.05) is 103 Å². The summed E-state index contributed by atoms with van der Waals surface area (Å²) < 4.78 is 20.1. The summed E-state index contributed by atoms with van der Waals surface area (Å²) in [6, 6.07) is 40.5. The zero-order chi connectivity index (χ0) is 36.7. The molecule has 0 saturated carbocycles. The largest absolute Gasteiger partial charge is 0.473 e. The van der Waals surface area contributed by atoms with Crippen molar-refractivity contribution in [2.45, 2.75) is 45.5 Å². The zero-order valence-electron chi connectivity index (χ0n) is 30.8. The van der Waals surface area contributed by atoms with Gasteiger partial charge in [-0.3, -0.25) is 4.68 Å². The van der Waals surface area contributed by atoms with Gasteiger partial charge in [0.05, 0.1) is 16.8 Å². The van der Waals surface area contributed by atoms with Crippen molar-refractivity contribution in [3.63, 3.8) is 0 Å². The summed E-state index contributed by atoms with van der Waals surface area (Å²) >= 11 is 0. The monoisotopic (exact) mass is 721 g/mol. The number of fused-ring (bicyclic) bond motifs is 1. The van der Waals surface area contributed by atoms with Gasteiger partial charge >= 0.3 is 6.09 Å². The molecule has 0 bridgehead atoms. The van der Waals surface area contributed by atoms with Crippen LogP contribution in [0.15, 0.2) is 121 Å². The lowest BCUT2D eigenvalue weighted by atomic mass is 9.87. The molecule has 4 heterocycles. The molecular formula is C45H47N5O4. The van der Waals surface area contributed by atoms with E-state index in [1.165, 1.54) is 12.1 Å². The van der Waals surface area contributed by atoms with Gasteiger partial charge in [0, 0.05) is 44.7 Å². The van der Waals surface area contributed by atoms with Gasteiger partial charge in [0.1, 0.15) is 25.5 Å². The number of rotatable bonds is 12. The fourth-order valence-corrected chi connectivity index (χ4v) is 7.90. The second kappa shape index (κ2) is 16.5. The van der Waals surface area contributed by atoms with Crippen LogP contribution in [0.3, 0.4) is 0 Å². The van der Waals surface area contributed by atoms with Crippen LogP contribution in [0.5, 0.6) is 11.8 Å². The average Bonchev–Trinajstić information content (AvgIpc) is 3.83. The molecule has 0 aliphatic carbocycles. The summed E-state index contributed by atoms with van der Waals surface area (Å²) in [5.41, 5.74) is 7.12. The fraction of sp³-hybridized carbons (Fsp3) is 0.311. The summed E-state index contributed by atoms with van der Waals surface area (Å²) in [7, 11) is 2.02. The number of hydrogen-bond acceptors (Lipinski definition) is 7. The predicted molar refractivity (Wildman–Crippen MR) is 211 cm³/mol. The van der Waals surface area contributed by atoms with E-state index in [1.54, 1.807) is 0 Å². The van der Waals surface area contributed by atoms with Crippen LogP contribution >= 0.6 is 0 Å². The second-order valence-electron chi connectivity index (χ2n) is 14.5. The number of carbonyl (C=O) groups is 1. The Hall–Kier alpha value is -5.83. The van der Waals surface area contributed by atoms with E-state index in [-0.39, 0.29) is 6.09 Å². The van der Waals surface area contributed by atoms with E-state index >= 15 is 0 Å². The van der Waals surface area contributed by atoms with Crippen molar-refractivity contribution in [2.75, 3.05) is 31.1 Å². The Labute approximate surface area is 317 Å². The van der Waals surface area contributed by atoms with Crippen LogP contribution in [0.2, 0.25) is 0 Å². The number of benzene rings is 4. The Morgan fingerprint density at radius 3 is 2.00 bits per heavy atom. The molecule has 1 unspecified atom stereocenters. The summed E-state index contributed by atoms with van der Waals surface area (Å²) in [6.07, 6.45) is 4.19. The van der Waals surface area contributed by atoms with Gasteiger partial charge in [0.25, 0.3) is 0 Å². The van der Waals surface area contributed by atoms with Crippen molar-refractivity contribution < 1.29 is 19.0 Å². The highest BCUT2D eigenvalue weighted by Gasteiger charge is 2.31. The number of nitrogens with zero attached hydrogens (tertiary/aromatic N) is 5. The van der Waals surface area contributed by atoms with Gasteiger partial charge in [0.15, 0.2) is 0 Å². The van der Waals surface area contributed by atoms with E-state index in [4.69, 9.17) is 24.3 Å². The van der Waals surface area contributed by atoms with Gasteiger partial charge in [-0.25, -0.2) is 4.79 Å². The maximum absolute atomic E-state index is 12.7. The van der Waals surface area contributed by atoms with Crippen LogP contribution in [-0.2, 0) is 31.6 Å². The minimum atomic E-state index is -0.203. The molecule has 4 aromatic carbocycles. The number of ether oxygens (including phenoxy) is 3. The van der Waals surface area contributed by atoms with Gasteiger partial charge in [-0.15, -0.1) is 0 Å². The Morgan fingerprint density at radius 1 is 0.685 bits per heavy atom. The standard InChI is InChI=1S/C45H47N5O4/c1-48-43-38(42(47-48)39-20-21-41(52-30-34-12-5-2-6-13-34)46-44(39)53-31-35-14-7-3-8-15-35)18-11-19-40(43)50-27-24-37(29-50)28-33-22-25-49(26-23-33)45(51)54-32-36-16-9-4-10-17-36/h2-21,33,37H,22-32H2,1H3. The van der Waals surface area contributed by atoms with Gasteiger partial charge in [-0.2, -0.15) is 10.1 Å². The SMILES string of the molecule is Cn1nc(-c2ccc(OCc3ccccc3)nc2OCc2ccccc2)c2cccc(N3CCC(CC4CCN(C(=O)OCc5ccccc5)CC4)C3)c21. The fourth-order valence-electron chi connectivity index (χ4n) is 7.90. The maximum atomic E-state index is 12.7. The number of hydrogen-bond donors (Lipinski definition) is 0. The van der Waals surface area contributed by atoms with Gasteiger partial charge < -0.3 is 24.0 Å². The normalized spacial score (nSPS) is 16.1. The van der Waals surface area contributed by atoms with Gasteiger partial charge in [-0.05, 0) is 66.3 Å². The van der Waals surface area contributed by atoms with Crippen molar-refractivity contribution in [1.29, 1.82) is 0 Å². The van der Waals surface area contributed by atoms with E-state index < -0.39 is 0 Å². The average molecular weight is 722 g/mol.